The van der Waals surface area contributed by atoms with Crippen molar-refractivity contribution in [3.8, 4) is 18.2 Å². The molecule has 0 unspecified atom stereocenters. The minimum atomic E-state index is 0.253. The Bertz CT molecular complexity index is 2300. The summed E-state index contributed by atoms with van der Waals surface area (Å²) in [4.78, 5) is 6.82. The Morgan fingerprint density at radius 3 is 0.864 bits per heavy atom. The molecule has 0 saturated carbocycles. The fraction of sp³-hybridized carbons (Fsp3) is 0.235. The Hall–Kier alpha value is -7.21. The Labute approximate surface area is 350 Å². The van der Waals surface area contributed by atoms with Gasteiger partial charge in [0.15, 0.2) is 0 Å². The molecule has 0 aliphatic heterocycles. The lowest BCUT2D eigenvalue weighted by molar-refractivity contribution is 0.866. The minimum Gasteiger partial charge on any atom is -0.372 e. The zero-order chi connectivity index (χ0) is 42.1. The van der Waals surface area contributed by atoms with E-state index in [0.29, 0.717) is 22.4 Å². The molecular weight excluding hydrogens is 725 g/mol. The van der Waals surface area contributed by atoms with Crippen molar-refractivity contribution in [2.24, 2.45) is 10.2 Å². The molecule has 8 heteroatoms. The molecule has 0 saturated heterocycles. The smallest absolute Gasteiger partial charge is 0.100 e. The third-order valence-electron chi connectivity index (χ3n) is 10.5. The van der Waals surface area contributed by atoms with E-state index in [2.05, 4.69) is 121 Å². The highest BCUT2D eigenvalue weighted by Crippen LogP contribution is 2.33. The maximum Gasteiger partial charge on any atom is 0.100 e. The monoisotopic (exact) mass is 776 g/mol. The number of nitrogens with zero attached hydrogens (tertiary/aromatic N) is 8. The summed E-state index contributed by atoms with van der Waals surface area (Å²) in [6.07, 6.45) is 11.1. The molecule has 0 atom stereocenters. The van der Waals surface area contributed by atoms with Gasteiger partial charge in [0.25, 0.3) is 0 Å². The number of hydrogen-bond acceptors (Lipinski definition) is 8. The van der Waals surface area contributed by atoms with Crippen LogP contribution in [0.3, 0.4) is 0 Å². The molecule has 0 bridgehead atoms. The van der Waals surface area contributed by atoms with Crippen LogP contribution in [0.1, 0.15) is 91.6 Å². The second-order valence-electron chi connectivity index (χ2n) is 13.7. The van der Waals surface area contributed by atoms with Crippen molar-refractivity contribution in [1.82, 2.24) is 0 Å². The third-order valence-corrected chi connectivity index (χ3v) is 10.5. The Morgan fingerprint density at radius 2 is 0.610 bits per heavy atom. The van der Waals surface area contributed by atoms with E-state index >= 15 is 0 Å². The van der Waals surface area contributed by atoms with Crippen LogP contribution in [-0.2, 0) is 0 Å². The van der Waals surface area contributed by atoms with Crippen molar-refractivity contribution in [3.63, 3.8) is 0 Å². The first-order chi connectivity index (χ1) is 28.8. The summed E-state index contributed by atoms with van der Waals surface area (Å²) in [5.74, 6) is 0. The van der Waals surface area contributed by atoms with E-state index in [4.69, 9.17) is 0 Å². The maximum atomic E-state index is 10.7. The van der Waals surface area contributed by atoms with E-state index in [1.807, 2.05) is 91.0 Å². The van der Waals surface area contributed by atoms with E-state index < -0.39 is 0 Å². The normalized spacial score (nSPS) is 11.3. The number of hydrogen-bond donors (Lipinski definition) is 0. The number of azo groups is 1. The summed E-state index contributed by atoms with van der Waals surface area (Å²) in [6.45, 7) is 18.3. The summed E-state index contributed by atoms with van der Waals surface area (Å²) in [5.41, 5.74) is 9.69. The van der Waals surface area contributed by atoms with Crippen LogP contribution in [-0.4, -0.2) is 39.3 Å². The van der Waals surface area contributed by atoms with Crippen LogP contribution in [0.15, 0.2) is 107 Å². The van der Waals surface area contributed by atoms with Gasteiger partial charge in [-0.2, -0.15) is 26.0 Å². The number of benzene rings is 5. The van der Waals surface area contributed by atoms with Gasteiger partial charge in [-0.3, -0.25) is 0 Å². The quantitative estimate of drug-likeness (QED) is 0.0687. The van der Waals surface area contributed by atoms with Crippen molar-refractivity contribution >= 4 is 64.9 Å². The molecule has 0 aromatic heterocycles. The van der Waals surface area contributed by atoms with Gasteiger partial charge in [-0.05, 0) is 119 Å². The molecule has 5 rings (SSSR count). The molecule has 5 aromatic carbocycles. The predicted molar refractivity (Wildman–Crippen MR) is 248 cm³/mol. The lowest BCUT2D eigenvalue weighted by Crippen LogP contribution is -2.21. The lowest BCUT2D eigenvalue weighted by atomic mass is 9.86. The van der Waals surface area contributed by atoms with Gasteiger partial charge in [0, 0.05) is 73.0 Å². The fourth-order valence-corrected chi connectivity index (χ4v) is 7.07. The van der Waals surface area contributed by atoms with Gasteiger partial charge in [0.2, 0.25) is 0 Å². The summed E-state index contributed by atoms with van der Waals surface area (Å²) < 4.78 is 0. The SMILES string of the molecule is CCN(CC)c1ccc(/C=C/c2c(C#N)c(/C=C/c3ccc(N=Nc4ccc(N(CC)CC)cc4)cc3)c(C#N)c(/C=C/c3ccc(N(CC)CC)cc3)c2C#N)cc1. The molecule has 0 aliphatic rings. The largest absolute Gasteiger partial charge is 0.372 e. The molecule has 0 fully saturated rings. The van der Waals surface area contributed by atoms with E-state index in [1.165, 1.54) is 0 Å². The van der Waals surface area contributed by atoms with Crippen LogP contribution in [0.2, 0.25) is 0 Å². The Balaban J connectivity index is 1.54. The average Bonchev–Trinajstić information content (AvgIpc) is 3.28. The highest BCUT2D eigenvalue weighted by molar-refractivity contribution is 5.90. The second-order valence-corrected chi connectivity index (χ2v) is 13.7. The predicted octanol–water partition coefficient (Wildman–Crippen LogP) is 12.8. The van der Waals surface area contributed by atoms with Gasteiger partial charge >= 0.3 is 0 Å². The highest BCUT2D eigenvalue weighted by atomic mass is 15.1. The zero-order valence-electron chi connectivity index (χ0n) is 35.0. The van der Waals surface area contributed by atoms with Gasteiger partial charge in [-0.1, -0.05) is 72.9 Å². The van der Waals surface area contributed by atoms with Crippen LogP contribution >= 0.6 is 0 Å². The van der Waals surface area contributed by atoms with Gasteiger partial charge in [-0.15, -0.1) is 0 Å². The third kappa shape index (κ3) is 10.6. The molecule has 0 N–H and O–H groups in total. The molecule has 296 valence electrons. The molecule has 8 nitrogen and oxygen atoms in total. The molecular formula is C51H52N8. The number of nitriles is 3. The van der Waals surface area contributed by atoms with Crippen LogP contribution < -0.4 is 14.7 Å². The van der Waals surface area contributed by atoms with Crippen molar-refractivity contribution in [1.29, 1.82) is 15.8 Å². The summed E-state index contributed by atoms with van der Waals surface area (Å²) in [6, 6.07) is 39.1. The lowest BCUT2D eigenvalue weighted by Gasteiger charge is -2.20. The molecule has 59 heavy (non-hydrogen) atoms. The van der Waals surface area contributed by atoms with E-state index in [0.717, 1.165) is 78.7 Å². The standard InChI is InChI=1S/C51H52N8/c1-7-57(8-2)43-26-15-39(16-27-43)20-33-47-49(35-52)46(50(36-53)48(51(47)37-54)34-21-40-17-28-44(29-18-40)58(9-3)10-4)32-19-38-13-22-41(23-14-38)55-56-42-24-30-45(31-25-42)59(11-5)12-6/h13-34H,7-12H2,1-6H3/b32-19+,33-20+,34-21+,56-55?. The molecule has 0 spiro atoms. The van der Waals surface area contributed by atoms with Gasteiger partial charge in [0.05, 0.1) is 28.1 Å². The molecule has 0 aliphatic carbocycles. The topological polar surface area (TPSA) is 106 Å². The fourth-order valence-electron chi connectivity index (χ4n) is 7.07. The average molecular weight is 777 g/mol. The molecule has 0 amide bonds. The first-order valence-electron chi connectivity index (χ1n) is 20.4. The van der Waals surface area contributed by atoms with Crippen molar-refractivity contribution in [2.45, 2.75) is 41.5 Å². The van der Waals surface area contributed by atoms with E-state index in [-0.39, 0.29) is 16.7 Å². The number of rotatable bonds is 17. The van der Waals surface area contributed by atoms with Gasteiger partial charge in [-0.25, -0.2) is 0 Å². The molecule has 0 heterocycles. The van der Waals surface area contributed by atoms with Crippen molar-refractivity contribution in [3.05, 3.63) is 147 Å². The van der Waals surface area contributed by atoms with Crippen LogP contribution in [0.5, 0.6) is 0 Å². The van der Waals surface area contributed by atoms with E-state index in [1.54, 1.807) is 6.08 Å². The van der Waals surface area contributed by atoms with Gasteiger partial charge in [0.1, 0.15) is 18.2 Å². The van der Waals surface area contributed by atoms with Crippen LogP contribution in [0, 0.1) is 34.0 Å². The molecule has 5 aromatic rings. The molecule has 0 radical (unpaired) electrons. The summed E-state index contributed by atoms with van der Waals surface area (Å²) in [5, 5.41) is 40.8. The van der Waals surface area contributed by atoms with Gasteiger partial charge < -0.3 is 14.7 Å². The summed E-state index contributed by atoms with van der Waals surface area (Å²) >= 11 is 0. The Morgan fingerprint density at radius 1 is 0.373 bits per heavy atom. The number of anilines is 3. The zero-order valence-corrected chi connectivity index (χ0v) is 35.0. The summed E-state index contributed by atoms with van der Waals surface area (Å²) in [7, 11) is 0. The van der Waals surface area contributed by atoms with Crippen LogP contribution in [0.25, 0.3) is 36.5 Å². The second kappa shape index (κ2) is 21.4. The Kier molecular flexibility index (Phi) is 15.5. The first-order valence-corrected chi connectivity index (χ1v) is 20.4. The van der Waals surface area contributed by atoms with Crippen LogP contribution in [0.4, 0.5) is 28.4 Å². The van der Waals surface area contributed by atoms with E-state index in [9.17, 15) is 15.8 Å². The minimum absolute atomic E-state index is 0.253. The first kappa shape index (κ1) is 42.9. The maximum absolute atomic E-state index is 10.7. The van der Waals surface area contributed by atoms with Crippen molar-refractivity contribution in [2.75, 3.05) is 54.0 Å². The highest BCUT2D eigenvalue weighted by Gasteiger charge is 2.21. The van der Waals surface area contributed by atoms with Crippen molar-refractivity contribution < 1.29 is 0 Å².